The summed E-state index contributed by atoms with van der Waals surface area (Å²) in [5.74, 6) is 0.877. The minimum atomic E-state index is 0.113. The third-order valence-corrected chi connectivity index (χ3v) is 6.32. The molecule has 5 nitrogen and oxygen atoms in total. The fourth-order valence-corrected chi connectivity index (χ4v) is 4.23. The zero-order valence-electron chi connectivity index (χ0n) is 13.5. The standard InChI is InChI=1S/C17H23BrN4O/c1-21-6-7-22(11-17(21)3-4-17)14-8-12(9-14)16(23)20-15-10-13(18)2-5-19-15/h2,5,10,12,14H,3-4,6-9,11H2,1H3,(H,19,20,23)/t12-,14+. The Morgan fingerprint density at radius 1 is 1.39 bits per heavy atom. The number of halogens is 1. The van der Waals surface area contributed by atoms with Crippen LogP contribution in [0.1, 0.15) is 25.7 Å². The number of nitrogens with one attached hydrogen (secondary N) is 1. The van der Waals surface area contributed by atoms with Gasteiger partial charge in [-0.2, -0.15) is 0 Å². The van der Waals surface area contributed by atoms with E-state index in [1.807, 2.05) is 12.1 Å². The molecule has 3 fully saturated rings. The molecule has 2 saturated carbocycles. The highest BCUT2D eigenvalue weighted by Crippen LogP contribution is 2.45. The third kappa shape index (κ3) is 3.04. The smallest absolute Gasteiger partial charge is 0.228 e. The number of likely N-dealkylation sites (N-methyl/N-ethyl adjacent to an activating group) is 1. The lowest BCUT2D eigenvalue weighted by Gasteiger charge is -2.48. The van der Waals surface area contributed by atoms with Gasteiger partial charge in [0.1, 0.15) is 5.82 Å². The number of piperazine rings is 1. The number of carbonyl (C=O) groups excluding carboxylic acids is 1. The minimum absolute atomic E-state index is 0.113. The zero-order chi connectivity index (χ0) is 16.0. The topological polar surface area (TPSA) is 48.5 Å². The lowest BCUT2D eigenvalue weighted by Crippen LogP contribution is -2.59. The van der Waals surface area contributed by atoms with Gasteiger partial charge in [0.15, 0.2) is 0 Å². The van der Waals surface area contributed by atoms with Crippen molar-refractivity contribution < 1.29 is 4.79 Å². The van der Waals surface area contributed by atoms with Crippen LogP contribution in [0.5, 0.6) is 0 Å². The van der Waals surface area contributed by atoms with Crippen molar-refractivity contribution in [1.29, 1.82) is 0 Å². The number of hydrogen-bond donors (Lipinski definition) is 1. The van der Waals surface area contributed by atoms with Crippen molar-refractivity contribution in [2.45, 2.75) is 37.3 Å². The van der Waals surface area contributed by atoms with E-state index in [4.69, 9.17) is 0 Å². The van der Waals surface area contributed by atoms with Gasteiger partial charge in [-0.1, -0.05) is 15.9 Å². The maximum Gasteiger partial charge on any atom is 0.228 e. The quantitative estimate of drug-likeness (QED) is 0.876. The Balaban J connectivity index is 1.29. The molecule has 1 amide bonds. The predicted molar refractivity (Wildman–Crippen MR) is 93.2 cm³/mol. The van der Waals surface area contributed by atoms with Gasteiger partial charge in [0.05, 0.1) is 0 Å². The van der Waals surface area contributed by atoms with E-state index in [1.54, 1.807) is 6.20 Å². The van der Waals surface area contributed by atoms with Crippen molar-refractivity contribution >= 4 is 27.7 Å². The second-order valence-electron chi connectivity index (χ2n) is 7.29. The summed E-state index contributed by atoms with van der Waals surface area (Å²) in [6.45, 7) is 3.50. The first-order chi connectivity index (χ1) is 11.1. The number of nitrogens with zero attached hydrogens (tertiary/aromatic N) is 3. The number of pyridine rings is 1. The number of hydrogen-bond acceptors (Lipinski definition) is 4. The molecule has 2 aliphatic carbocycles. The van der Waals surface area contributed by atoms with Crippen LogP contribution in [0.4, 0.5) is 5.82 Å². The van der Waals surface area contributed by atoms with Gasteiger partial charge in [-0.3, -0.25) is 14.6 Å². The van der Waals surface area contributed by atoms with Crippen LogP contribution in [-0.2, 0) is 4.79 Å². The van der Waals surface area contributed by atoms with Crippen molar-refractivity contribution in [2.24, 2.45) is 5.92 Å². The summed E-state index contributed by atoms with van der Waals surface area (Å²) in [5, 5.41) is 2.94. The molecule has 0 unspecified atom stereocenters. The van der Waals surface area contributed by atoms with E-state index in [-0.39, 0.29) is 11.8 Å². The van der Waals surface area contributed by atoms with Crippen LogP contribution in [0.3, 0.4) is 0 Å². The van der Waals surface area contributed by atoms with E-state index in [1.165, 1.54) is 19.4 Å². The lowest BCUT2D eigenvalue weighted by molar-refractivity contribution is -0.125. The number of carbonyl (C=O) groups is 1. The molecule has 1 aromatic heterocycles. The van der Waals surface area contributed by atoms with Gasteiger partial charge < -0.3 is 5.32 Å². The highest BCUT2D eigenvalue weighted by Gasteiger charge is 2.51. The van der Waals surface area contributed by atoms with Crippen molar-refractivity contribution in [3.05, 3.63) is 22.8 Å². The molecule has 23 heavy (non-hydrogen) atoms. The Kier molecular flexibility index (Phi) is 3.94. The van der Waals surface area contributed by atoms with Crippen molar-refractivity contribution in [2.75, 3.05) is 32.0 Å². The number of anilines is 1. The van der Waals surface area contributed by atoms with E-state index >= 15 is 0 Å². The lowest BCUT2D eigenvalue weighted by atomic mass is 9.78. The first-order valence-electron chi connectivity index (χ1n) is 8.43. The Morgan fingerprint density at radius 3 is 2.87 bits per heavy atom. The van der Waals surface area contributed by atoms with E-state index in [0.29, 0.717) is 17.4 Å². The van der Waals surface area contributed by atoms with Crippen molar-refractivity contribution in [1.82, 2.24) is 14.8 Å². The summed E-state index contributed by atoms with van der Waals surface area (Å²) < 4.78 is 0.932. The SMILES string of the molecule is CN1CCN([C@H]2C[C@@H](C(=O)Nc3cc(Br)ccn3)C2)CC12CC2. The normalized spacial score (nSPS) is 30.0. The van der Waals surface area contributed by atoms with E-state index < -0.39 is 0 Å². The molecule has 1 aliphatic heterocycles. The first-order valence-corrected chi connectivity index (χ1v) is 9.23. The maximum atomic E-state index is 12.3. The second kappa shape index (κ2) is 5.83. The molecular weight excluding hydrogens is 356 g/mol. The van der Waals surface area contributed by atoms with Crippen LogP contribution < -0.4 is 5.32 Å². The van der Waals surface area contributed by atoms with E-state index in [2.05, 4.69) is 43.1 Å². The van der Waals surface area contributed by atoms with Crippen LogP contribution >= 0.6 is 15.9 Å². The summed E-state index contributed by atoms with van der Waals surface area (Å²) in [6, 6.07) is 4.29. The van der Waals surface area contributed by atoms with Crippen molar-refractivity contribution in [3.63, 3.8) is 0 Å². The Bertz CT molecular complexity index is 612. The van der Waals surface area contributed by atoms with Gasteiger partial charge in [0.2, 0.25) is 5.91 Å². The average molecular weight is 379 g/mol. The summed E-state index contributed by atoms with van der Waals surface area (Å²) in [4.78, 5) is 21.7. The van der Waals surface area contributed by atoms with Crippen LogP contribution in [0.15, 0.2) is 22.8 Å². The molecule has 4 rings (SSSR count). The fourth-order valence-electron chi connectivity index (χ4n) is 3.89. The van der Waals surface area contributed by atoms with Crippen molar-refractivity contribution in [3.8, 4) is 0 Å². The molecule has 0 radical (unpaired) electrons. The highest BCUT2D eigenvalue weighted by molar-refractivity contribution is 9.10. The molecule has 124 valence electrons. The number of amides is 1. The van der Waals surface area contributed by atoms with Crippen LogP contribution in [0.25, 0.3) is 0 Å². The minimum Gasteiger partial charge on any atom is -0.310 e. The van der Waals surface area contributed by atoms with Crippen LogP contribution in [0.2, 0.25) is 0 Å². The van der Waals surface area contributed by atoms with Gasteiger partial charge >= 0.3 is 0 Å². The molecule has 3 aliphatic rings. The molecular formula is C17H23BrN4O. The van der Waals surface area contributed by atoms with Crippen LogP contribution in [0, 0.1) is 5.92 Å². The number of rotatable bonds is 3. The maximum absolute atomic E-state index is 12.3. The van der Waals surface area contributed by atoms with Gasteiger partial charge in [-0.25, -0.2) is 4.98 Å². The van der Waals surface area contributed by atoms with Gasteiger partial charge in [-0.05, 0) is 44.9 Å². The Hall–Kier alpha value is -0.980. The number of aromatic nitrogens is 1. The predicted octanol–water partition coefficient (Wildman–Crippen LogP) is 2.34. The zero-order valence-corrected chi connectivity index (χ0v) is 15.1. The summed E-state index contributed by atoms with van der Waals surface area (Å²) >= 11 is 3.40. The Labute approximate surface area is 145 Å². The highest BCUT2D eigenvalue weighted by atomic mass is 79.9. The molecule has 6 heteroatoms. The van der Waals surface area contributed by atoms with Gasteiger partial charge in [0.25, 0.3) is 0 Å². The molecule has 2 heterocycles. The van der Waals surface area contributed by atoms with E-state index in [0.717, 1.165) is 30.4 Å². The van der Waals surface area contributed by atoms with E-state index in [9.17, 15) is 4.79 Å². The second-order valence-corrected chi connectivity index (χ2v) is 8.20. The summed E-state index contributed by atoms with van der Waals surface area (Å²) in [6.07, 6.45) is 6.35. The molecule has 0 bridgehead atoms. The van der Waals surface area contributed by atoms with Gasteiger partial charge in [-0.15, -0.1) is 0 Å². The third-order valence-electron chi connectivity index (χ3n) is 5.83. The molecule has 0 atom stereocenters. The largest absolute Gasteiger partial charge is 0.310 e. The van der Waals surface area contributed by atoms with Gasteiger partial charge in [0, 0.05) is 47.8 Å². The Morgan fingerprint density at radius 2 is 2.17 bits per heavy atom. The summed E-state index contributed by atoms with van der Waals surface area (Å²) in [7, 11) is 2.26. The molecule has 1 spiro atoms. The first kappa shape index (κ1) is 15.5. The molecule has 1 aromatic rings. The average Bonchev–Trinajstić information content (AvgIpc) is 3.22. The molecule has 0 aromatic carbocycles. The van der Waals surface area contributed by atoms with Crippen LogP contribution in [-0.4, -0.2) is 59.0 Å². The monoisotopic (exact) mass is 378 g/mol. The fraction of sp³-hybridized carbons (Fsp3) is 0.647. The molecule has 1 saturated heterocycles. The summed E-state index contributed by atoms with van der Waals surface area (Å²) in [5.41, 5.74) is 0.464. The molecule has 1 N–H and O–H groups in total.